The molecule has 1 amide bonds. The zero-order valence-corrected chi connectivity index (χ0v) is 14.9. The standard InChI is InChI=1S/C18H10F6N2O2.ClH/c19-17(20,21)10-6-11(18(22,23)24)8-12(7-10)26-16(28)13-4-3-9-2-1-5-25-14(9)15(13)27;/h1-8,27H,(H,26,28);1H. The largest absolute Gasteiger partial charge is 0.505 e. The van der Waals surface area contributed by atoms with Crippen LogP contribution in [0.5, 0.6) is 5.75 Å². The Labute approximate surface area is 165 Å². The number of benzene rings is 2. The summed E-state index contributed by atoms with van der Waals surface area (Å²) >= 11 is 0. The second kappa shape index (κ2) is 7.78. The maximum absolute atomic E-state index is 12.9. The number of anilines is 1. The van der Waals surface area contributed by atoms with Crippen molar-refractivity contribution in [1.29, 1.82) is 0 Å². The molecule has 0 aliphatic carbocycles. The van der Waals surface area contributed by atoms with Crippen LogP contribution in [-0.4, -0.2) is 16.0 Å². The summed E-state index contributed by atoms with van der Waals surface area (Å²) in [5.74, 6) is -1.63. The quantitative estimate of drug-likeness (QED) is 0.510. The molecule has 1 aromatic heterocycles. The van der Waals surface area contributed by atoms with Crippen LogP contribution in [0.25, 0.3) is 10.9 Å². The molecule has 4 nitrogen and oxygen atoms in total. The highest BCUT2D eigenvalue weighted by molar-refractivity contribution is 6.09. The van der Waals surface area contributed by atoms with Gasteiger partial charge in [-0.05, 0) is 30.3 Å². The van der Waals surface area contributed by atoms with Gasteiger partial charge in [0.25, 0.3) is 5.91 Å². The molecule has 11 heteroatoms. The molecule has 0 atom stereocenters. The Bertz CT molecular complexity index is 1030. The van der Waals surface area contributed by atoms with Crippen molar-refractivity contribution in [3.05, 3.63) is 65.4 Å². The second-order valence-electron chi connectivity index (χ2n) is 5.79. The number of rotatable bonds is 2. The molecule has 0 unspecified atom stereocenters. The van der Waals surface area contributed by atoms with Crippen molar-refractivity contribution in [3.63, 3.8) is 0 Å². The SMILES string of the molecule is Cl.O=C(Nc1cc(C(F)(F)F)cc(C(F)(F)F)c1)c1ccc2cccnc2c1O. The summed E-state index contributed by atoms with van der Waals surface area (Å²) in [4.78, 5) is 16.2. The van der Waals surface area contributed by atoms with Crippen LogP contribution in [0.3, 0.4) is 0 Å². The maximum atomic E-state index is 12.9. The van der Waals surface area contributed by atoms with Gasteiger partial charge in [-0.3, -0.25) is 9.78 Å². The van der Waals surface area contributed by atoms with E-state index in [2.05, 4.69) is 4.98 Å². The monoisotopic (exact) mass is 436 g/mol. The van der Waals surface area contributed by atoms with Crippen molar-refractivity contribution < 1.29 is 36.2 Å². The zero-order chi connectivity index (χ0) is 20.7. The molecule has 3 rings (SSSR count). The van der Waals surface area contributed by atoms with Crippen molar-refractivity contribution in [2.45, 2.75) is 12.4 Å². The van der Waals surface area contributed by atoms with E-state index in [1.165, 1.54) is 18.3 Å². The number of nitrogens with zero attached hydrogens (tertiary/aromatic N) is 1. The Morgan fingerprint density at radius 2 is 1.52 bits per heavy atom. The minimum absolute atomic E-state index is 0. The summed E-state index contributed by atoms with van der Waals surface area (Å²) in [7, 11) is 0. The number of aromatic nitrogens is 1. The predicted octanol–water partition coefficient (Wildman–Crippen LogP) is 5.65. The highest BCUT2D eigenvalue weighted by Gasteiger charge is 2.37. The van der Waals surface area contributed by atoms with Gasteiger partial charge in [-0.15, -0.1) is 12.4 Å². The number of carbonyl (C=O) groups is 1. The lowest BCUT2D eigenvalue weighted by Gasteiger charge is -2.15. The summed E-state index contributed by atoms with van der Waals surface area (Å²) in [6.45, 7) is 0. The zero-order valence-electron chi connectivity index (χ0n) is 14.1. The number of aromatic hydroxyl groups is 1. The molecule has 0 bridgehead atoms. The van der Waals surface area contributed by atoms with E-state index in [1.54, 1.807) is 12.1 Å². The van der Waals surface area contributed by atoms with Crippen molar-refractivity contribution in [2.75, 3.05) is 5.32 Å². The summed E-state index contributed by atoms with van der Waals surface area (Å²) in [5.41, 5.74) is -4.14. The van der Waals surface area contributed by atoms with Crippen LogP contribution in [0.2, 0.25) is 0 Å². The minimum Gasteiger partial charge on any atom is -0.505 e. The normalized spacial score (nSPS) is 11.8. The molecule has 154 valence electrons. The predicted molar refractivity (Wildman–Crippen MR) is 95.1 cm³/mol. The van der Waals surface area contributed by atoms with Gasteiger partial charge in [0.1, 0.15) is 5.52 Å². The van der Waals surface area contributed by atoms with Crippen LogP contribution in [0, 0.1) is 0 Å². The Morgan fingerprint density at radius 1 is 0.931 bits per heavy atom. The highest BCUT2D eigenvalue weighted by atomic mass is 35.5. The Morgan fingerprint density at radius 3 is 2.07 bits per heavy atom. The summed E-state index contributed by atoms with van der Waals surface area (Å²) < 4.78 is 77.4. The molecule has 1 heterocycles. The fourth-order valence-corrected chi connectivity index (χ4v) is 2.54. The summed E-state index contributed by atoms with van der Waals surface area (Å²) in [6.07, 6.45) is -8.74. The van der Waals surface area contributed by atoms with Crippen LogP contribution >= 0.6 is 12.4 Å². The van der Waals surface area contributed by atoms with Crippen molar-refractivity contribution >= 4 is 34.9 Å². The second-order valence-corrected chi connectivity index (χ2v) is 5.79. The lowest BCUT2D eigenvalue weighted by molar-refractivity contribution is -0.143. The number of phenolic OH excluding ortho intramolecular Hbond substituents is 1. The molecule has 2 N–H and O–H groups in total. The number of hydrogen-bond acceptors (Lipinski definition) is 3. The number of carbonyl (C=O) groups excluding carboxylic acids is 1. The Balaban J connectivity index is 0.00000300. The lowest BCUT2D eigenvalue weighted by Crippen LogP contribution is -2.16. The van der Waals surface area contributed by atoms with E-state index < -0.39 is 40.8 Å². The van der Waals surface area contributed by atoms with Crippen molar-refractivity contribution in [1.82, 2.24) is 4.98 Å². The molecule has 0 aliphatic heterocycles. The van der Waals surface area contributed by atoms with E-state index >= 15 is 0 Å². The van der Waals surface area contributed by atoms with Crippen LogP contribution in [0.1, 0.15) is 21.5 Å². The van der Waals surface area contributed by atoms with E-state index in [1.807, 2.05) is 5.32 Å². The van der Waals surface area contributed by atoms with Gasteiger partial charge in [0.15, 0.2) is 5.75 Å². The van der Waals surface area contributed by atoms with Crippen LogP contribution < -0.4 is 5.32 Å². The van der Waals surface area contributed by atoms with E-state index in [0.29, 0.717) is 17.5 Å². The average molecular weight is 437 g/mol. The first-order valence-electron chi connectivity index (χ1n) is 7.64. The number of nitrogens with one attached hydrogen (secondary N) is 1. The fourth-order valence-electron chi connectivity index (χ4n) is 2.54. The van der Waals surface area contributed by atoms with Crippen molar-refractivity contribution in [2.24, 2.45) is 0 Å². The Kier molecular flexibility index (Phi) is 5.98. The van der Waals surface area contributed by atoms with Gasteiger partial charge >= 0.3 is 12.4 Å². The molecule has 0 spiro atoms. The molecule has 0 fully saturated rings. The van der Waals surface area contributed by atoms with Crippen LogP contribution in [0.15, 0.2) is 48.7 Å². The average Bonchev–Trinajstić information content (AvgIpc) is 2.60. The van der Waals surface area contributed by atoms with Crippen LogP contribution in [-0.2, 0) is 12.4 Å². The van der Waals surface area contributed by atoms with Gasteiger partial charge in [0, 0.05) is 17.3 Å². The van der Waals surface area contributed by atoms with E-state index in [-0.39, 0.29) is 29.6 Å². The molecule has 3 aromatic rings. The number of pyridine rings is 1. The molecule has 0 aliphatic rings. The molecule has 0 radical (unpaired) electrons. The first kappa shape index (κ1) is 22.3. The summed E-state index contributed by atoms with van der Waals surface area (Å²) in [5, 5.41) is 12.6. The van der Waals surface area contributed by atoms with E-state index in [4.69, 9.17) is 0 Å². The van der Waals surface area contributed by atoms with Gasteiger partial charge in [-0.25, -0.2) is 0 Å². The first-order valence-corrected chi connectivity index (χ1v) is 7.64. The fraction of sp³-hybridized carbons (Fsp3) is 0.111. The topological polar surface area (TPSA) is 62.2 Å². The first-order chi connectivity index (χ1) is 13.0. The molecule has 0 saturated heterocycles. The molecular formula is C18H11ClF6N2O2. The van der Waals surface area contributed by atoms with Gasteiger partial charge in [0.05, 0.1) is 16.7 Å². The number of phenols is 1. The third-order valence-corrected chi connectivity index (χ3v) is 3.84. The van der Waals surface area contributed by atoms with Gasteiger partial charge < -0.3 is 10.4 Å². The third-order valence-electron chi connectivity index (χ3n) is 3.84. The number of fused-ring (bicyclic) bond motifs is 1. The maximum Gasteiger partial charge on any atom is 0.416 e. The summed E-state index contributed by atoms with van der Waals surface area (Å²) in [6, 6.07) is 6.52. The van der Waals surface area contributed by atoms with Crippen molar-refractivity contribution in [3.8, 4) is 5.75 Å². The van der Waals surface area contributed by atoms with Gasteiger partial charge in [0.2, 0.25) is 0 Å². The lowest BCUT2D eigenvalue weighted by atomic mass is 10.1. The Hall–Kier alpha value is -3.01. The van der Waals surface area contributed by atoms with Gasteiger partial charge in [-0.2, -0.15) is 26.3 Å². The molecular weight excluding hydrogens is 426 g/mol. The van der Waals surface area contributed by atoms with Crippen LogP contribution in [0.4, 0.5) is 32.0 Å². The third kappa shape index (κ3) is 4.70. The number of alkyl halides is 6. The van der Waals surface area contributed by atoms with E-state index in [0.717, 1.165) is 0 Å². The van der Waals surface area contributed by atoms with Gasteiger partial charge in [-0.1, -0.05) is 12.1 Å². The number of amides is 1. The molecule has 2 aromatic carbocycles. The smallest absolute Gasteiger partial charge is 0.416 e. The molecule has 0 saturated carbocycles. The number of hydrogen-bond donors (Lipinski definition) is 2. The highest BCUT2D eigenvalue weighted by Crippen LogP contribution is 2.38. The molecule has 29 heavy (non-hydrogen) atoms. The number of halogens is 7. The van der Waals surface area contributed by atoms with E-state index in [9.17, 15) is 36.2 Å². The minimum atomic E-state index is -5.05.